The fourth-order valence-electron chi connectivity index (χ4n) is 13.5. The lowest BCUT2D eigenvalue weighted by atomic mass is 9.99. The summed E-state index contributed by atoms with van der Waals surface area (Å²) in [6.45, 7) is 12.1. The first-order valence-corrected chi connectivity index (χ1v) is 47.9. The molecule has 0 aliphatic heterocycles. The summed E-state index contributed by atoms with van der Waals surface area (Å²) in [7, 11) is -9.93. The molecule has 3 N–H and O–H groups in total. The van der Waals surface area contributed by atoms with Crippen molar-refractivity contribution in [2.45, 2.75) is 478 Å². The summed E-state index contributed by atoms with van der Waals surface area (Å²) in [5.41, 5.74) is 0. The van der Waals surface area contributed by atoms with Gasteiger partial charge in [0.25, 0.3) is 0 Å². The van der Waals surface area contributed by atoms with Crippen LogP contribution in [0.3, 0.4) is 0 Å². The van der Waals surface area contributed by atoms with Gasteiger partial charge < -0.3 is 33.8 Å². The molecule has 6 atom stereocenters. The van der Waals surface area contributed by atoms with Crippen molar-refractivity contribution >= 4 is 39.5 Å². The predicted octanol–water partition coefficient (Wildman–Crippen LogP) is 26.5. The van der Waals surface area contributed by atoms with E-state index in [1.807, 2.05) is 0 Å². The monoisotopic (exact) mass is 1550 g/mol. The normalized spacial score (nSPS) is 14.1. The SMILES string of the molecule is CCCCCCCCCCCCCCC(=O)OC[C@H](COP(=O)(O)OC[C@H](O)COP(=O)(O)OC[C@@H](COC(=O)CCCCCCCCCCCCCCCCCC(C)C)OC(=O)CCCCCCCCCCCCCCCCCC(C)C)OC(=O)CCCCCCCCCCCCCCCCC(C)CC. The fraction of sp³-hybridized carbons (Fsp3) is 0.954. The Morgan fingerprint density at radius 2 is 0.481 bits per heavy atom. The Hall–Kier alpha value is -1.94. The molecule has 0 rings (SSSR count). The number of ether oxygens (including phenoxy) is 4. The maximum atomic E-state index is 13.2. The quantitative estimate of drug-likeness (QED) is 0.0222. The lowest BCUT2D eigenvalue weighted by Crippen LogP contribution is -2.30. The summed E-state index contributed by atoms with van der Waals surface area (Å²) < 4.78 is 69.0. The highest BCUT2D eigenvalue weighted by Gasteiger charge is 2.31. The van der Waals surface area contributed by atoms with Gasteiger partial charge in [-0.3, -0.25) is 37.3 Å². The molecule has 0 spiro atoms. The van der Waals surface area contributed by atoms with Crippen LogP contribution in [-0.4, -0.2) is 96.7 Å². The van der Waals surface area contributed by atoms with Crippen molar-refractivity contribution in [2.24, 2.45) is 17.8 Å². The maximum Gasteiger partial charge on any atom is 0.472 e. The number of rotatable bonds is 85. The third-order valence-corrected chi connectivity index (χ3v) is 22.6. The standard InChI is InChI=1S/C87H170O17P2/c1-8-10-11-12-13-14-15-33-40-47-54-61-68-84(89)97-74-82(103-87(92)71-64-57-50-43-36-29-23-22-26-32-39-46-53-60-67-80(7)9-2)76-101-105(93,94)99-72-81(88)73-100-106(95,96)102-77-83(104-86(91)70-63-56-49-42-35-28-21-17-19-25-31-38-45-52-59-66-79(5)6)75-98-85(90)69-62-55-48-41-34-27-20-16-18-24-30-37-44-51-58-65-78(3)4/h78-83,88H,8-77H2,1-7H3,(H,93,94)(H,95,96)/t80?,81-,82+,83+/m0/s1. The highest BCUT2D eigenvalue weighted by molar-refractivity contribution is 7.47. The molecule has 0 amide bonds. The van der Waals surface area contributed by atoms with Gasteiger partial charge in [-0.1, -0.05) is 408 Å². The van der Waals surface area contributed by atoms with E-state index in [4.69, 9.17) is 37.0 Å². The average Bonchev–Trinajstić information content (AvgIpc) is 0.918. The molecule has 0 bridgehead atoms. The van der Waals surface area contributed by atoms with Crippen molar-refractivity contribution in [3.05, 3.63) is 0 Å². The van der Waals surface area contributed by atoms with Crippen LogP contribution in [0.15, 0.2) is 0 Å². The maximum absolute atomic E-state index is 13.2. The number of hydrogen-bond acceptors (Lipinski definition) is 15. The van der Waals surface area contributed by atoms with Crippen LogP contribution in [0.25, 0.3) is 0 Å². The van der Waals surface area contributed by atoms with Gasteiger partial charge in [-0.25, -0.2) is 9.13 Å². The Balaban J connectivity index is 5.26. The number of carbonyl (C=O) groups is 4. The number of phosphoric acid groups is 2. The predicted molar refractivity (Wildman–Crippen MR) is 437 cm³/mol. The molecular weight excluding hydrogens is 1380 g/mol. The van der Waals surface area contributed by atoms with Gasteiger partial charge in [0, 0.05) is 25.7 Å². The van der Waals surface area contributed by atoms with Gasteiger partial charge >= 0.3 is 39.5 Å². The summed E-state index contributed by atoms with van der Waals surface area (Å²) in [6, 6.07) is 0. The van der Waals surface area contributed by atoms with E-state index in [0.717, 1.165) is 108 Å². The number of aliphatic hydroxyl groups is 1. The van der Waals surface area contributed by atoms with Gasteiger partial charge in [-0.05, 0) is 43.4 Å². The molecule has 0 aromatic carbocycles. The van der Waals surface area contributed by atoms with Crippen LogP contribution in [0.4, 0.5) is 0 Å². The van der Waals surface area contributed by atoms with Crippen molar-refractivity contribution < 1.29 is 80.2 Å². The van der Waals surface area contributed by atoms with Gasteiger partial charge in [0.1, 0.15) is 19.3 Å². The Kier molecular flexibility index (Phi) is 75.6. The van der Waals surface area contributed by atoms with Crippen molar-refractivity contribution in [3.8, 4) is 0 Å². The molecule has 630 valence electrons. The van der Waals surface area contributed by atoms with Crippen LogP contribution in [0.5, 0.6) is 0 Å². The summed E-state index contributed by atoms with van der Waals surface area (Å²) in [4.78, 5) is 73.3. The Morgan fingerprint density at radius 3 is 0.717 bits per heavy atom. The zero-order valence-electron chi connectivity index (χ0n) is 69.9. The minimum Gasteiger partial charge on any atom is -0.462 e. The molecule has 17 nitrogen and oxygen atoms in total. The highest BCUT2D eigenvalue weighted by atomic mass is 31.2. The lowest BCUT2D eigenvalue weighted by molar-refractivity contribution is -0.161. The molecular formula is C87H170O17P2. The van der Waals surface area contributed by atoms with Crippen LogP contribution in [0.1, 0.15) is 459 Å². The smallest absolute Gasteiger partial charge is 0.462 e. The number of carbonyl (C=O) groups excluding carboxylic acids is 4. The Morgan fingerprint density at radius 1 is 0.274 bits per heavy atom. The van der Waals surface area contributed by atoms with Crippen molar-refractivity contribution in [3.63, 3.8) is 0 Å². The number of phosphoric ester groups is 2. The number of hydrogen-bond donors (Lipinski definition) is 3. The van der Waals surface area contributed by atoms with E-state index in [0.29, 0.717) is 25.7 Å². The van der Waals surface area contributed by atoms with Gasteiger partial charge in [0.2, 0.25) is 0 Å². The van der Waals surface area contributed by atoms with Crippen LogP contribution < -0.4 is 0 Å². The van der Waals surface area contributed by atoms with Crippen LogP contribution in [0, 0.1) is 17.8 Å². The molecule has 19 heteroatoms. The molecule has 0 aromatic heterocycles. The first-order chi connectivity index (χ1) is 51.3. The third-order valence-electron chi connectivity index (χ3n) is 20.7. The van der Waals surface area contributed by atoms with E-state index in [1.165, 1.54) is 270 Å². The Bertz CT molecular complexity index is 2050. The molecule has 0 aromatic rings. The zero-order chi connectivity index (χ0) is 77.9. The first kappa shape index (κ1) is 104. The van der Waals surface area contributed by atoms with E-state index >= 15 is 0 Å². The summed E-state index contributed by atoms with van der Waals surface area (Å²) in [5.74, 6) is 0.354. The second-order valence-corrected chi connectivity index (χ2v) is 35.4. The van der Waals surface area contributed by atoms with Gasteiger partial charge in [-0.2, -0.15) is 0 Å². The van der Waals surface area contributed by atoms with E-state index in [2.05, 4.69) is 48.5 Å². The molecule has 0 radical (unpaired) electrons. The van der Waals surface area contributed by atoms with Crippen molar-refractivity contribution in [1.29, 1.82) is 0 Å². The zero-order valence-corrected chi connectivity index (χ0v) is 71.7. The van der Waals surface area contributed by atoms with Crippen LogP contribution in [-0.2, 0) is 65.4 Å². The van der Waals surface area contributed by atoms with Crippen LogP contribution >= 0.6 is 15.6 Å². The van der Waals surface area contributed by atoms with Gasteiger partial charge in [0.05, 0.1) is 26.4 Å². The average molecular weight is 1550 g/mol. The molecule has 0 aliphatic rings. The molecule has 0 aliphatic carbocycles. The second kappa shape index (κ2) is 77.0. The number of unbranched alkanes of at least 4 members (excludes halogenated alkanes) is 52. The molecule has 106 heavy (non-hydrogen) atoms. The summed E-state index contributed by atoms with van der Waals surface area (Å²) >= 11 is 0. The van der Waals surface area contributed by atoms with E-state index < -0.39 is 97.5 Å². The number of esters is 4. The van der Waals surface area contributed by atoms with E-state index in [9.17, 15) is 43.2 Å². The summed E-state index contributed by atoms with van der Waals surface area (Å²) in [6.07, 6.45) is 67.8. The second-order valence-electron chi connectivity index (χ2n) is 32.5. The lowest BCUT2D eigenvalue weighted by Gasteiger charge is -2.21. The molecule has 0 fully saturated rings. The van der Waals surface area contributed by atoms with Crippen LogP contribution in [0.2, 0.25) is 0 Å². The molecule has 3 unspecified atom stereocenters. The minimum absolute atomic E-state index is 0.108. The Labute approximate surface area is 651 Å². The van der Waals surface area contributed by atoms with E-state index in [-0.39, 0.29) is 25.7 Å². The topological polar surface area (TPSA) is 237 Å². The minimum atomic E-state index is -4.97. The van der Waals surface area contributed by atoms with Crippen molar-refractivity contribution in [1.82, 2.24) is 0 Å². The fourth-order valence-corrected chi connectivity index (χ4v) is 15.1. The summed E-state index contributed by atoms with van der Waals surface area (Å²) in [5, 5.41) is 10.7. The van der Waals surface area contributed by atoms with Gasteiger partial charge in [-0.15, -0.1) is 0 Å². The number of aliphatic hydroxyl groups excluding tert-OH is 1. The molecule has 0 saturated carbocycles. The van der Waals surface area contributed by atoms with E-state index in [1.54, 1.807) is 0 Å². The molecule has 0 saturated heterocycles. The third kappa shape index (κ3) is 78.7. The molecule has 0 heterocycles. The first-order valence-electron chi connectivity index (χ1n) is 44.9. The van der Waals surface area contributed by atoms with Crippen molar-refractivity contribution in [2.75, 3.05) is 39.6 Å². The largest absolute Gasteiger partial charge is 0.472 e. The highest BCUT2D eigenvalue weighted by Crippen LogP contribution is 2.45. The van der Waals surface area contributed by atoms with Gasteiger partial charge in [0.15, 0.2) is 12.2 Å².